The van der Waals surface area contributed by atoms with E-state index in [0.29, 0.717) is 0 Å². The predicted octanol–water partition coefficient (Wildman–Crippen LogP) is 1.95. The molecular weight excluding hydrogens is 263 g/mol. The number of hydrogen-bond donors (Lipinski definition) is 1. The zero-order valence-electron chi connectivity index (χ0n) is 10.1. The highest BCUT2D eigenvalue weighted by Gasteiger charge is 2.38. The highest BCUT2D eigenvalue weighted by molar-refractivity contribution is 5.92. The van der Waals surface area contributed by atoms with Gasteiger partial charge in [-0.1, -0.05) is 0 Å². The second-order valence-electron chi connectivity index (χ2n) is 4.10. The van der Waals surface area contributed by atoms with Gasteiger partial charge in [-0.05, 0) is 18.2 Å². The summed E-state index contributed by atoms with van der Waals surface area (Å²) in [6.45, 7) is 0. The van der Waals surface area contributed by atoms with Gasteiger partial charge in [0.05, 0.1) is 16.6 Å². The number of alkyl halides is 3. The van der Waals surface area contributed by atoms with Gasteiger partial charge in [0, 0.05) is 14.1 Å². The van der Waals surface area contributed by atoms with Gasteiger partial charge in [-0.2, -0.15) is 13.2 Å². The van der Waals surface area contributed by atoms with Gasteiger partial charge in [0.25, 0.3) is 0 Å². The van der Waals surface area contributed by atoms with Crippen molar-refractivity contribution >= 4 is 17.0 Å². The number of hydrogen-bond acceptors (Lipinski definition) is 3. The molecule has 0 spiro atoms. The Morgan fingerprint density at radius 1 is 1.37 bits per heavy atom. The van der Waals surface area contributed by atoms with Gasteiger partial charge in [0.15, 0.2) is 0 Å². The van der Waals surface area contributed by atoms with E-state index in [4.69, 9.17) is 5.11 Å². The SMILES string of the molecule is CN(C)n1c(C(F)(F)F)nc2cc(C(=O)O)ccc21. The van der Waals surface area contributed by atoms with Crippen LogP contribution in [0.2, 0.25) is 0 Å². The number of aromatic carboxylic acids is 1. The lowest BCUT2D eigenvalue weighted by molar-refractivity contribution is -0.146. The fraction of sp³-hybridized carbons (Fsp3) is 0.273. The van der Waals surface area contributed by atoms with Gasteiger partial charge in [0.1, 0.15) is 0 Å². The number of carbonyl (C=O) groups is 1. The van der Waals surface area contributed by atoms with Crippen LogP contribution in [0.5, 0.6) is 0 Å². The largest absolute Gasteiger partial charge is 0.478 e. The monoisotopic (exact) mass is 273 g/mol. The molecule has 8 heteroatoms. The number of imidazole rings is 1. The highest BCUT2D eigenvalue weighted by atomic mass is 19.4. The van der Waals surface area contributed by atoms with Crippen molar-refractivity contribution in [3.8, 4) is 0 Å². The molecule has 0 fully saturated rings. The van der Waals surface area contributed by atoms with Crippen LogP contribution < -0.4 is 5.01 Å². The lowest BCUT2D eigenvalue weighted by atomic mass is 10.2. The minimum absolute atomic E-state index is 0.0130. The van der Waals surface area contributed by atoms with E-state index in [1.807, 2.05) is 0 Å². The zero-order valence-corrected chi connectivity index (χ0v) is 10.1. The Hall–Kier alpha value is -2.25. The molecule has 19 heavy (non-hydrogen) atoms. The van der Waals surface area contributed by atoms with Gasteiger partial charge in [-0.15, -0.1) is 0 Å². The third kappa shape index (κ3) is 2.20. The van der Waals surface area contributed by atoms with Crippen LogP contribution in [0.15, 0.2) is 18.2 Å². The molecule has 0 saturated carbocycles. The second kappa shape index (κ2) is 4.15. The van der Waals surface area contributed by atoms with Crippen molar-refractivity contribution in [1.82, 2.24) is 9.66 Å². The second-order valence-corrected chi connectivity index (χ2v) is 4.10. The van der Waals surface area contributed by atoms with Crippen molar-refractivity contribution in [2.45, 2.75) is 6.18 Å². The Labute approximate surface area is 105 Å². The van der Waals surface area contributed by atoms with E-state index in [1.54, 1.807) is 0 Å². The first-order valence-corrected chi connectivity index (χ1v) is 5.22. The number of nitrogens with zero attached hydrogens (tertiary/aromatic N) is 3. The predicted molar refractivity (Wildman–Crippen MR) is 61.8 cm³/mol. The average Bonchev–Trinajstić information content (AvgIpc) is 2.66. The minimum atomic E-state index is -4.62. The Kier molecular flexibility index (Phi) is 2.88. The van der Waals surface area contributed by atoms with Gasteiger partial charge >= 0.3 is 12.1 Å². The summed E-state index contributed by atoms with van der Waals surface area (Å²) < 4.78 is 39.5. The Morgan fingerprint density at radius 3 is 2.47 bits per heavy atom. The minimum Gasteiger partial charge on any atom is -0.478 e. The Balaban J connectivity index is 2.77. The van der Waals surface area contributed by atoms with Crippen LogP contribution in [0.4, 0.5) is 13.2 Å². The molecule has 0 radical (unpaired) electrons. The molecule has 0 unspecified atom stereocenters. The fourth-order valence-electron chi connectivity index (χ4n) is 1.79. The van der Waals surface area contributed by atoms with Crippen LogP contribution in [0.25, 0.3) is 11.0 Å². The molecule has 0 aliphatic rings. The van der Waals surface area contributed by atoms with E-state index in [-0.39, 0.29) is 16.6 Å². The van der Waals surface area contributed by atoms with E-state index in [9.17, 15) is 18.0 Å². The molecule has 0 atom stereocenters. The van der Waals surface area contributed by atoms with Crippen LogP contribution >= 0.6 is 0 Å². The Bertz CT molecular complexity index is 646. The number of benzene rings is 1. The number of aromatic nitrogens is 2. The average molecular weight is 273 g/mol. The van der Waals surface area contributed by atoms with Crippen LogP contribution in [0.3, 0.4) is 0 Å². The maximum Gasteiger partial charge on any atom is 0.451 e. The number of carboxylic acids is 1. The van der Waals surface area contributed by atoms with Gasteiger partial charge in [-0.25, -0.2) is 14.5 Å². The summed E-state index contributed by atoms with van der Waals surface area (Å²) in [5, 5.41) is 10.1. The summed E-state index contributed by atoms with van der Waals surface area (Å²) >= 11 is 0. The lowest BCUT2D eigenvalue weighted by Crippen LogP contribution is -2.30. The molecule has 102 valence electrons. The fourth-order valence-corrected chi connectivity index (χ4v) is 1.79. The number of fused-ring (bicyclic) bond motifs is 1. The van der Waals surface area contributed by atoms with E-state index in [0.717, 1.165) is 10.7 Å². The van der Waals surface area contributed by atoms with Gasteiger partial charge < -0.3 is 10.1 Å². The first-order chi connectivity index (χ1) is 8.71. The van der Waals surface area contributed by atoms with Gasteiger partial charge in [-0.3, -0.25) is 0 Å². The summed E-state index contributed by atoms with van der Waals surface area (Å²) in [7, 11) is 2.89. The Morgan fingerprint density at radius 2 is 2.00 bits per heavy atom. The van der Waals surface area contributed by atoms with Crippen molar-refractivity contribution in [3.05, 3.63) is 29.6 Å². The summed E-state index contributed by atoms with van der Waals surface area (Å²) in [5.41, 5.74) is 0.0767. The molecule has 0 aliphatic heterocycles. The molecular formula is C11H10F3N3O2. The normalized spacial score (nSPS) is 11.8. The molecule has 2 aromatic rings. The summed E-state index contributed by atoms with van der Waals surface area (Å²) in [5.74, 6) is -2.30. The lowest BCUT2D eigenvalue weighted by Gasteiger charge is -2.19. The zero-order chi connectivity index (χ0) is 14.4. The molecule has 1 aromatic heterocycles. The van der Waals surface area contributed by atoms with Crippen molar-refractivity contribution < 1.29 is 23.1 Å². The first-order valence-electron chi connectivity index (χ1n) is 5.22. The molecule has 1 aromatic carbocycles. The van der Waals surface area contributed by atoms with Crippen molar-refractivity contribution in [1.29, 1.82) is 0 Å². The summed E-state index contributed by atoms with van der Waals surface area (Å²) in [6, 6.07) is 3.67. The van der Waals surface area contributed by atoms with Crippen LogP contribution in [0, 0.1) is 0 Å². The quantitative estimate of drug-likeness (QED) is 0.908. The van der Waals surface area contributed by atoms with Crippen LogP contribution in [0.1, 0.15) is 16.2 Å². The van der Waals surface area contributed by atoms with E-state index in [2.05, 4.69) is 4.98 Å². The topological polar surface area (TPSA) is 58.4 Å². The van der Waals surface area contributed by atoms with E-state index in [1.165, 1.54) is 31.2 Å². The molecule has 0 bridgehead atoms. The highest BCUT2D eigenvalue weighted by Crippen LogP contribution is 2.31. The standard InChI is InChI=1S/C11H10F3N3O2/c1-16(2)17-8-4-3-6(9(18)19)5-7(8)15-10(17)11(12,13)14/h3-5H,1-2H3,(H,18,19). The molecule has 5 nitrogen and oxygen atoms in total. The van der Waals surface area contributed by atoms with Crippen molar-refractivity contribution in [3.63, 3.8) is 0 Å². The third-order valence-electron chi connectivity index (χ3n) is 2.53. The van der Waals surface area contributed by atoms with Gasteiger partial charge in [0.2, 0.25) is 5.82 Å². The number of rotatable bonds is 2. The molecule has 0 amide bonds. The van der Waals surface area contributed by atoms with E-state index >= 15 is 0 Å². The smallest absolute Gasteiger partial charge is 0.451 e. The van der Waals surface area contributed by atoms with Crippen molar-refractivity contribution in [2.24, 2.45) is 0 Å². The maximum atomic E-state index is 12.9. The molecule has 1 N–H and O–H groups in total. The van der Waals surface area contributed by atoms with E-state index < -0.39 is 18.0 Å². The number of halogens is 3. The number of carboxylic acid groups (broad SMARTS) is 1. The summed E-state index contributed by atoms with van der Waals surface area (Å²) in [6.07, 6.45) is -4.62. The van der Waals surface area contributed by atoms with Crippen LogP contribution in [-0.2, 0) is 6.18 Å². The molecule has 2 rings (SSSR count). The van der Waals surface area contributed by atoms with Crippen LogP contribution in [-0.4, -0.2) is 34.8 Å². The molecule has 0 saturated heterocycles. The summed E-state index contributed by atoms with van der Waals surface area (Å²) in [4.78, 5) is 14.3. The first kappa shape index (κ1) is 13.2. The molecule has 1 heterocycles. The third-order valence-corrected chi connectivity index (χ3v) is 2.53. The molecule has 0 aliphatic carbocycles. The van der Waals surface area contributed by atoms with Crippen molar-refractivity contribution in [2.75, 3.05) is 19.1 Å². The maximum absolute atomic E-state index is 12.9.